The van der Waals surface area contributed by atoms with Gasteiger partial charge in [-0.2, -0.15) is 0 Å². The van der Waals surface area contributed by atoms with Crippen molar-refractivity contribution in [3.8, 4) is 11.6 Å². The second-order valence-electron chi connectivity index (χ2n) is 10.2. The summed E-state index contributed by atoms with van der Waals surface area (Å²) in [6.07, 6.45) is 10.9. The molecule has 33 heavy (non-hydrogen) atoms. The van der Waals surface area contributed by atoms with Crippen molar-refractivity contribution in [1.82, 2.24) is 9.97 Å². The van der Waals surface area contributed by atoms with Crippen LogP contribution in [-0.2, 0) is 15.8 Å². The number of phenolic OH excluding ortho intramolecular Hbond substituents is 1. The molecule has 3 aromatic rings. The first-order chi connectivity index (χ1) is 15.9. The van der Waals surface area contributed by atoms with E-state index in [1.54, 1.807) is 19.5 Å². The van der Waals surface area contributed by atoms with E-state index in [1.165, 1.54) is 30.6 Å². The van der Waals surface area contributed by atoms with Gasteiger partial charge in [0.05, 0.1) is 0 Å². The SMILES string of the molecule is COC(c1cccnc1)(c1cccc(C23CC4CC(CC(C4)C2)C3)c1O)c1sc(=S)[nH]c1O. The number of rotatable bonds is 5. The van der Waals surface area contributed by atoms with Gasteiger partial charge in [0.1, 0.15) is 10.6 Å². The van der Waals surface area contributed by atoms with Gasteiger partial charge in [0.2, 0.25) is 5.88 Å². The standard InChI is InChI=1S/C26H28N2O3S2/c1-31-26(18-4-3-7-27-14-18,22-23(30)28-24(32)33-22)20-6-2-5-19(21(20)29)25-11-15-8-16(12-25)10-17(9-15)13-25/h2-7,14-17,29-30H,8-13H2,1H3,(H,28,32). The molecule has 4 bridgehead atoms. The summed E-state index contributed by atoms with van der Waals surface area (Å²) in [7, 11) is 1.60. The largest absolute Gasteiger partial charge is 0.507 e. The van der Waals surface area contributed by atoms with Gasteiger partial charge in [-0.1, -0.05) is 24.3 Å². The van der Waals surface area contributed by atoms with Crippen molar-refractivity contribution in [2.24, 2.45) is 17.8 Å². The normalized spacial score (nSPS) is 29.8. The zero-order valence-electron chi connectivity index (χ0n) is 18.6. The van der Waals surface area contributed by atoms with Crippen molar-refractivity contribution in [1.29, 1.82) is 0 Å². The number of methoxy groups -OCH3 is 1. The number of benzene rings is 1. The molecule has 4 fully saturated rings. The Kier molecular flexibility index (Phi) is 4.94. The molecule has 7 rings (SSSR count). The Morgan fingerprint density at radius 3 is 2.33 bits per heavy atom. The molecule has 4 aliphatic carbocycles. The fraction of sp³-hybridized carbons (Fsp3) is 0.462. The first-order valence-corrected chi connectivity index (χ1v) is 12.9. The summed E-state index contributed by atoms with van der Waals surface area (Å²) in [5, 5.41) is 22.7. The number of hydrogen-bond acceptors (Lipinski definition) is 6. The summed E-state index contributed by atoms with van der Waals surface area (Å²) < 4.78 is 6.68. The number of phenols is 1. The van der Waals surface area contributed by atoms with E-state index in [1.807, 2.05) is 24.3 Å². The number of H-pyrrole nitrogens is 1. The van der Waals surface area contributed by atoms with Crippen LogP contribution in [0.2, 0.25) is 0 Å². The van der Waals surface area contributed by atoms with E-state index in [0.717, 1.165) is 48.1 Å². The first-order valence-electron chi connectivity index (χ1n) is 11.7. The predicted molar refractivity (Wildman–Crippen MR) is 130 cm³/mol. The average Bonchev–Trinajstić information content (AvgIpc) is 3.13. The van der Waals surface area contributed by atoms with Gasteiger partial charge in [-0.05, 0) is 80.0 Å². The lowest BCUT2D eigenvalue weighted by Crippen LogP contribution is -2.48. The molecule has 0 aliphatic heterocycles. The number of hydrogen-bond donors (Lipinski definition) is 3. The van der Waals surface area contributed by atoms with Crippen LogP contribution < -0.4 is 0 Å². The fourth-order valence-corrected chi connectivity index (χ4v) is 8.84. The Bertz CT molecular complexity index is 1220. The van der Waals surface area contributed by atoms with Gasteiger partial charge < -0.3 is 19.9 Å². The van der Waals surface area contributed by atoms with Crippen molar-refractivity contribution in [3.05, 3.63) is 68.2 Å². The molecule has 0 spiro atoms. The molecule has 2 heterocycles. The van der Waals surface area contributed by atoms with Gasteiger partial charge in [0, 0.05) is 36.2 Å². The van der Waals surface area contributed by atoms with E-state index in [4.69, 9.17) is 17.0 Å². The average molecular weight is 481 g/mol. The maximum absolute atomic E-state index is 11.9. The monoisotopic (exact) mass is 480 g/mol. The number of ether oxygens (including phenoxy) is 1. The van der Waals surface area contributed by atoms with Crippen LogP contribution in [0.25, 0.3) is 0 Å². The highest BCUT2D eigenvalue weighted by Gasteiger charge is 2.53. The van der Waals surface area contributed by atoms with Gasteiger partial charge in [-0.15, -0.1) is 11.3 Å². The number of aromatic hydroxyl groups is 2. The van der Waals surface area contributed by atoms with Crippen LogP contribution in [0.3, 0.4) is 0 Å². The molecule has 3 N–H and O–H groups in total. The third-order valence-corrected chi connectivity index (χ3v) is 9.67. The van der Waals surface area contributed by atoms with Gasteiger partial charge in [0.25, 0.3) is 0 Å². The number of thiazole rings is 1. The molecule has 4 aliphatic rings. The summed E-state index contributed by atoms with van der Waals surface area (Å²) in [6.45, 7) is 0. The van der Waals surface area contributed by atoms with E-state index in [2.05, 4.69) is 16.0 Å². The zero-order chi connectivity index (χ0) is 22.8. The van der Waals surface area contributed by atoms with Crippen LogP contribution in [0.4, 0.5) is 0 Å². The molecule has 172 valence electrons. The van der Waals surface area contributed by atoms with Gasteiger partial charge >= 0.3 is 0 Å². The Morgan fingerprint density at radius 2 is 1.79 bits per heavy atom. The van der Waals surface area contributed by atoms with Crippen molar-refractivity contribution < 1.29 is 14.9 Å². The molecule has 1 aromatic carbocycles. The summed E-state index contributed by atoms with van der Waals surface area (Å²) >= 11 is 6.60. The van der Waals surface area contributed by atoms with Crippen molar-refractivity contribution in [2.45, 2.75) is 49.5 Å². The van der Waals surface area contributed by atoms with E-state index >= 15 is 0 Å². The summed E-state index contributed by atoms with van der Waals surface area (Å²) in [5.41, 5.74) is 1.16. The molecule has 0 radical (unpaired) electrons. The number of pyridine rings is 1. The molecule has 1 unspecified atom stereocenters. The third-order valence-electron chi connectivity index (χ3n) is 8.35. The molecule has 0 saturated heterocycles. The highest BCUT2D eigenvalue weighted by molar-refractivity contribution is 7.73. The zero-order valence-corrected chi connectivity index (χ0v) is 20.2. The molecule has 4 saturated carbocycles. The van der Waals surface area contributed by atoms with E-state index in [9.17, 15) is 10.2 Å². The van der Waals surface area contributed by atoms with Crippen LogP contribution in [0, 0.1) is 21.7 Å². The molecule has 7 heteroatoms. The summed E-state index contributed by atoms with van der Waals surface area (Å²) in [4.78, 5) is 7.67. The van der Waals surface area contributed by atoms with Crippen molar-refractivity contribution in [3.63, 3.8) is 0 Å². The van der Waals surface area contributed by atoms with Gasteiger partial charge in [-0.25, -0.2) is 0 Å². The second kappa shape index (κ2) is 7.65. The molecule has 1 atom stereocenters. The minimum Gasteiger partial charge on any atom is -0.507 e. The number of para-hydroxylation sites is 1. The van der Waals surface area contributed by atoms with Crippen LogP contribution in [0.5, 0.6) is 11.6 Å². The lowest BCUT2D eigenvalue weighted by molar-refractivity contribution is -0.00658. The Morgan fingerprint density at radius 1 is 1.09 bits per heavy atom. The predicted octanol–water partition coefficient (Wildman–Crippen LogP) is 6.02. The Labute approximate surface area is 202 Å². The van der Waals surface area contributed by atoms with Crippen LogP contribution in [0.15, 0.2) is 42.7 Å². The summed E-state index contributed by atoms with van der Waals surface area (Å²) in [5.74, 6) is 2.52. The topological polar surface area (TPSA) is 78.4 Å². The maximum Gasteiger partial charge on any atom is 0.207 e. The Hall–Kier alpha value is -2.22. The van der Waals surface area contributed by atoms with Crippen LogP contribution in [0.1, 0.15) is 60.1 Å². The minimum atomic E-state index is -1.24. The molecule has 0 amide bonds. The lowest BCUT2D eigenvalue weighted by Gasteiger charge is -2.57. The highest BCUT2D eigenvalue weighted by atomic mass is 32.1. The second-order valence-corrected chi connectivity index (χ2v) is 11.9. The first kappa shape index (κ1) is 21.3. The number of nitrogens with one attached hydrogen (secondary N) is 1. The maximum atomic E-state index is 11.9. The summed E-state index contributed by atoms with van der Waals surface area (Å²) in [6, 6.07) is 9.78. The van der Waals surface area contributed by atoms with E-state index in [-0.39, 0.29) is 17.0 Å². The minimum absolute atomic E-state index is 0.0239. The van der Waals surface area contributed by atoms with Crippen molar-refractivity contribution in [2.75, 3.05) is 7.11 Å². The third kappa shape index (κ3) is 3.12. The van der Waals surface area contributed by atoms with Gasteiger partial charge in [-0.3, -0.25) is 4.98 Å². The van der Waals surface area contributed by atoms with E-state index in [0.29, 0.717) is 14.4 Å². The molecular weight excluding hydrogens is 452 g/mol. The Balaban J connectivity index is 1.58. The smallest absolute Gasteiger partial charge is 0.207 e. The molecule has 2 aromatic heterocycles. The fourth-order valence-electron chi connectivity index (χ4n) is 7.56. The van der Waals surface area contributed by atoms with E-state index < -0.39 is 5.60 Å². The lowest BCUT2D eigenvalue weighted by atomic mass is 9.48. The number of aromatic amines is 1. The van der Waals surface area contributed by atoms with Crippen LogP contribution in [-0.4, -0.2) is 27.3 Å². The molecule has 5 nitrogen and oxygen atoms in total. The van der Waals surface area contributed by atoms with Crippen LogP contribution >= 0.6 is 23.6 Å². The quantitative estimate of drug-likeness (QED) is 0.389. The van der Waals surface area contributed by atoms with Gasteiger partial charge in [0.15, 0.2) is 9.56 Å². The number of aromatic nitrogens is 2. The molecular formula is C26H28N2O3S2. The number of nitrogens with zero attached hydrogens (tertiary/aromatic N) is 1. The van der Waals surface area contributed by atoms with Crippen molar-refractivity contribution >= 4 is 23.6 Å². The highest BCUT2D eigenvalue weighted by Crippen LogP contribution is 2.62.